The van der Waals surface area contributed by atoms with Crippen LogP contribution in [-0.4, -0.2) is 32.9 Å². The summed E-state index contributed by atoms with van der Waals surface area (Å²) < 4.78 is 69.0. The number of hydrogen-bond donors (Lipinski definition) is 1. The fraction of sp³-hybridized carbons (Fsp3) is 0.312. The van der Waals surface area contributed by atoms with Gasteiger partial charge in [0.1, 0.15) is 5.69 Å². The summed E-state index contributed by atoms with van der Waals surface area (Å²) in [6, 6.07) is 3.33. The van der Waals surface area contributed by atoms with Gasteiger partial charge < -0.3 is 19.5 Å². The Kier molecular flexibility index (Phi) is 5.89. The van der Waals surface area contributed by atoms with E-state index in [0.717, 1.165) is 0 Å². The van der Waals surface area contributed by atoms with Gasteiger partial charge in [0.2, 0.25) is 17.4 Å². The smallest absolute Gasteiger partial charge is 0.253 e. The van der Waals surface area contributed by atoms with Crippen molar-refractivity contribution in [2.45, 2.75) is 6.42 Å². The number of halogens is 4. The molecule has 0 aliphatic heterocycles. The van der Waals surface area contributed by atoms with Gasteiger partial charge in [-0.25, -0.2) is 0 Å². The molecule has 1 N–H and O–H groups in total. The molecule has 9 heteroatoms. The molecule has 0 atom stereocenters. The summed E-state index contributed by atoms with van der Waals surface area (Å²) >= 11 is 0. The van der Waals surface area contributed by atoms with Gasteiger partial charge in [0.25, 0.3) is 11.9 Å². The lowest BCUT2D eigenvalue weighted by Gasteiger charge is -2.16. The zero-order chi connectivity index (χ0) is 18.6. The van der Waals surface area contributed by atoms with Crippen molar-refractivity contribution in [1.29, 1.82) is 0 Å². The maximum atomic E-state index is 13.6. The van der Waals surface area contributed by atoms with E-state index in [4.69, 9.17) is 14.2 Å². The van der Waals surface area contributed by atoms with Crippen molar-refractivity contribution in [3.05, 3.63) is 41.2 Å². The minimum Gasteiger partial charge on any atom is -0.493 e. The van der Waals surface area contributed by atoms with E-state index in [1.165, 1.54) is 21.3 Å². The normalized spacial score (nSPS) is 10.5. The van der Waals surface area contributed by atoms with Gasteiger partial charge in [-0.15, -0.1) is 0 Å². The lowest BCUT2D eigenvalue weighted by atomic mass is 10.1. The second-order valence-electron chi connectivity index (χ2n) is 4.87. The summed E-state index contributed by atoms with van der Waals surface area (Å²) in [6.07, 6.45) is 0.230. The number of anilines is 1. The van der Waals surface area contributed by atoms with Crippen LogP contribution in [0.15, 0.2) is 12.1 Å². The van der Waals surface area contributed by atoms with Gasteiger partial charge in [0.15, 0.2) is 11.5 Å². The number of ether oxygens (including phenoxy) is 3. The average molecular weight is 360 g/mol. The summed E-state index contributed by atoms with van der Waals surface area (Å²) in [7, 11) is 4.34. The van der Waals surface area contributed by atoms with Crippen molar-refractivity contribution in [3.8, 4) is 17.2 Å². The number of nitrogens with zero attached hydrogens (tertiary/aromatic N) is 1. The van der Waals surface area contributed by atoms with Gasteiger partial charge in [-0.2, -0.15) is 22.5 Å². The molecule has 0 aliphatic rings. The highest BCUT2D eigenvalue weighted by Crippen LogP contribution is 2.39. The summed E-state index contributed by atoms with van der Waals surface area (Å²) in [6.45, 7) is -0.0252. The third-order valence-electron chi connectivity index (χ3n) is 3.48. The number of methoxy groups -OCH3 is 3. The van der Waals surface area contributed by atoms with Crippen LogP contribution < -0.4 is 19.5 Å². The summed E-state index contributed by atoms with van der Waals surface area (Å²) in [4.78, 5) is 2.49. The Bertz CT molecular complexity index is 746. The van der Waals surface area contributed by atoms with Gasteiger partial charge >= 0.3 is 0 Å². The molecule has 0 saturated heterocycles. The van der Waals surface area contributed by atoms with Gasteiger partial charge in [-0.3, -0.25) is 0 Å². The Morgan fingerprint density at radius 1 is 0.880 bits per heavy atom. The van der Waals surface area contributed by atoms with E-state index >= 15 is 0 Å². The number of aromatic nitrogens is 1. The van der Waals surface area contributed by atoms with Crippen molar-refractivity contribution in [3.63, 3.8) is 0 Å². The fourth-order valence-electron chi connectivity index (χ4n) is 2.32. The van der Waals surface area contributed by atoms with E-state index in [1.807, 2.05) is 0 Å². The third kappa shape index (κ3) is 3.70. The molecule has 0 amide bonds. The highest BCUT2D eigenvalue weighted by molar-refractivity contribution is 5.56. The quantitative estimate of drug-likeness (QED) is 0.606. The molecule has 0 bridgehead atoms. The molecule has 0 spiro atoms. The molecule has 136 valence electrons. The molecule has 2 aromatic rings. The van der Waals surface area contributed by atoms with Crippen LogP contribution in [0, 0.1) is 23.5 Å². The number of hydrogen-bond acceptors (Lipinski definition) is 5. The molecule has 1 heterocycles. The zero-order valence-electron chi connectivity index (χ0n) is 13.8. The molecule has 0 fully saturated rings. The summed E-state index contributed by atoms with van der Waals surface area (Å²) in [5.41, 5.74) is -0.270. The minimum absolute atomic E-state index is 0.0252. The maximum absolute atomic E-state index is 13.6. The predicted molar refractivity (Wildman–Crippen MR) is 82.4 cm³/mol. The molecule has 25 heavy (non-hydrogen) atoms. The number of nitrogens with one attached hydrogen (secondary N) is 1. The van der Waals surface area contributed by atoms with Crippen LogP contribution in [0.25, 0.3) is 0 Å². The fourth-order valence-corrected chi connectivity index (χ4v) is 2.32. The molecular formula is C16H16F4N2O3. The van der Waals surface area contributed by atoms with E-state index in [-0.39, 0.29) is 13.0 Å². The highest BCUT2D eigenvalue weighted by atomic mass is 19.2. The van der Waals surface area contributed by atoms with Crippen LogP contribution in [0.1, 0.15) is 5.56 Å². The molecule has 0 radical (unpaired) electrons. The number of rotatable bonds is 7. The van der Waals surface area contributed by atoms with Gasteiger partial charge in [0, 0.05) is 12.1 Å². The first-order chi connectivity index (χ1) is 11.9. The largest absolute Gasteiger partial charge is 0.493 e. The Morgan fingerprint density at radius 2 is 1.48 bits per heavy atom. The molecule has 2 rings (SSSR count). The van der Waals surface area contributed by atoms with E-state index in [1.54, 1.807) is 12.1 Å². The van der Waals surface area contributed by atoms with Crippen molar-refractivity contribution in [2.24, 2.45) is 0 Å². The van der Waals surface area contributed by atoms with Gasteiger partial charge in [-0.05, 0) is 12.5 Å². The number of benzene rings is 1. The summed E-state index contributed by atoms with van der Waals surface area (Å²) in [5, 5.41) is 2.33. The third-order valence-corrected chi connectivity index (χ3v) is 3.48. The lowest BCUT2D eigenvalue weighted by molar-refractivity contribution is 0.322. The maximum Gasteiger partial charge on any atom is 0.253 e. The average Bonchev–Trinajstić information content (AvgIpc) is 2.61. The highest BCUT2D eigenvalue weighted by Gasteiger charge is 2.21. The van der Waals surface area contributed by atoms with Crippen LogP contribution in [-0.2, 0) is 6.42 Å². The molecule has 5 nitrogen and oxygen atoms in total. The molecular weight excluding hydrogens is 344 g/mol. The first kappa shape index (κ1) is 18.6. The zero-order valence-corrected chi connectivity index (χ0v) is 13.8. The van der Waals surface area contributed by atoms with Crippen molar-refractivity contribution >= 4 is 5.69 Å². The SMILES string of the molecule is COc1ccc(CCNc2c(F)c(F)nc(F)c2F)c(OC)c1OC. The van der Waals surface area contributed by atoms with Crippen molar-refractivity contribution in [2.75, 3.05) is 33.2 Å². The van der Waals surface area contributed by atoms with E-state index in [0.29, 0.717) is 22.8 Å². The van der Waals surface area contributed by atoms with Crippen LogP contribution in [0.2, 0.25) is 0 Å². The van der Waals surface area contributed by atoms with Crippen LogP contribution in [0.4, 0.5) is 23.2 Å². The molecule has 1 aromatic heterocycles. The van der Waals surface area contributed by atoms with E-state index in [9.17, 15) is 17.6 Å². The van der Waals surface area contributed by atoms with Gasteiger partial charge in [0.05, 0.1) is 21.3 Å². The van der Waals surface area contributed by atoms with Crippen molar-refractivity contribution < 1.29 is 31.8 Å². The van der Waals surface area contributed by atoms with Gasteiger partial charge in [-0.1, -0.05) is 6.07 Å². The second kappa shape index (κ2) is 7.91. The molecule has 1 aromatic carbocycles. The first-order valence-corrected chi connectivity index (χ1v) is 7.16. The summed E-state index contributed by atoms with van der Waals surface area (Å²) in [5.74, 6) is -5.41. The molecule has 0 aliphatic carbocycles. The van der Waals surface area contributed by atoms with Crippen molar-refractivity contribution in [1.82, 2.24) is 4.98 Å². The number of pyridine rings is 1. The van der Waals surface area contributed by atoms with E-state index in [2.05, 4.69) is 10.3 Å². The topological polar surface area (TPSA) is 52.6 Å². The Morgan fingerprint density at radius 3 is 2.00 bits per heavy atom. The predicted octanol–water partition coefficient (Wildman–Crippen LogP) is 3.32. The molecule has 0 unspecified atom stereocenters. The standard InChI is InChI=1S/C16H16F4N2O3/c1-23-9-5-4-8(13(24-2)14(9)25-3)6-7-21-12-10(17)15(19)22-16(20)11(12)18/h4-5H,6-7H2,1-3H3,(H,21,22). The van der Waals surface area contributed by atoms with Crippen LogP contribution in [0.5, 0.6) is 17.2 Å². The Labute approximate surface area is 141 Å². The monoisotopic (exact) mass is 360 g/mol. The van der Waals surface area contributed by atoms with Crippen LogP contribution >= 0.6 is 0 Å². The second-order valence-corrected chi connectivity index (χ2v) is 4.87. The Balaban J connectivity index is 2.21. The lowest BCUT2D eigenvalue weighted by Crippen LogP contribution is -2.12. The van der Waals surface area contributed by atoms with Crippen LogP contribution in [0.3, 0.4) is 0 Å². The minimum atomic E-state index is -1.72. The Hall–Kier alpha value is -2.71. The molecule has 0 saturated carbocycles. The van der Waals surface area contributed by atoms with E-state index < -0.39 is 29.2 Å². The first-order valence-electron chi connectivity index (χ1n) is 7.16.